The number of carbonyl (C=O) groups is 1. The molecule has 0 fully saturated rings. The summed E-state index contributed by atoms with van der Waals surface area (Å²) in [4.78, 5) is 13.6. The molecule has 0 atom stereocenters. The smallest absolute Gasteiger partial charge is 0.235 e. The van der Waals surface area contributed by atoms with Gasteiger partial charge in [0, 0.05) is 17.6 Å². The largest absolute Gasteiger partial charge is 0.310 e. The number of hydrogen-bond donors (Lipinski definition) is 1. The summed E-state index contributed by atoms with van der Waals surface area (Å²) >= 11 is 9.04. The summed E-state index contributed by atoms with van der Waals surface area (Å²) in [5.74, 6) is 1.56. The molecular weight excluding hydrogens is 440 g/mol. The molecule has 0 aliphatic carbocycles. The Labute approximate surface area is 187 Å². The molecule has 0 saturated heterocycles. The van der Waals surface area contributed by atoms with Crippen LogP contribution in [0.15, 0.2) is 59.2 Å². The summed E-state index contributed by atoms with van der Waals surface area (Å²) in [7, 11) is 0. The van der Waals surface area contributed by atoms with Gasteiger partial charge in [-0.3, -0.25) is 4.79 Å². The maximum Gasteiger partial charge on any atom is 0.235 e. The lowest BCUT2D eigenvalue weighted by atomic mass is 10.2. The minimum Gasteiger partial charge on any atom is -0.310 e. The number of halogens is 1. The molecule has 7 nitrogen and oxygen atoms in total. The van der Waals surface area contributed by atoms with Crippen LogP contribution in [0.2, 0.25) is 5.02 Å². The van der Waals surface area contributed by atoms with Gasteiger partial charge < -0.3 is 9.88 Å². The molecule has 4 aromatic rings. The third-order valence-corrected chi connectivity index (χ3v) is 6.38. The van der Waals surface area contributed by atoms with Gasteiger partial charge in [-0.1, -0.05) is 41.6 Å². The fourth-order valence-corrected chi connectivity index (χ4v) is 4.68. The summed E-state index contributed by atoms with van der Waals surface area (Å²) in [6.45, 7) is 3.29. The second kappa shape index (κ2) is 9.46. The van der Waals surface area contributed by atoms with Gasteiger partial charge in [0.2, 0.25) is 5.91 Å². The molecule has 10 heteroatoms. The molecule has 4 rings (SSSR count). The summed E-state index contributed by atoms with van der Waals surface area (Å²) in [6, 6.07) is 13.4. The van der Waals surface area contributed by atoms with Gasteiger partial charge in [0.25, 0.3) is 0 Å². The van der Waals surface area contributed by atoms with Crippen LogP contribution in [0.25, 0.3) is 10.7 Å². The van der Waals surface area contributed by atoms with Gasteiger partial charge in [-0.2, -0.15) is 5.10 Å². The van der Waals surface area contributed by atoms with Crippen molar-refractivity contribution in [3.05, 3.63) is 64.6 Å². The zero-order chi connectivity index (χ0) is 20.9. The Kier molecular flexibility index (Phi) is 6.51. The van der Waals surface area contributed by atoms with E-state index in [-0.39, 0.29) is 11.7 Å². The summed E-state index contributed by atoms with van der Waals surface area (Å²) < 4.78 is 3.75. The Balaban J connectivity index is 1.39. The van der Waals surface area contributed by atoms with Crippen molar-refractivity contribution in [3.8, 4) is 10.7 Å². The molecule has 0 saturated carbocycles. The van der Waals surface area contributed by atoms with Crippen molar-refractivity contribution in [2.45, 2.75) is 25.2 Å². The van der Waals surface area contributed by atoms with Crippen LogP contribution in [0.5, 0.6) is 0 Å². The zero-order valence-electron chi connectivity index (χ0n) is 16.2. The molecule has 0 aliphatic heterocycles. The average molecular weight is 459 g/mol. The maximum atomic E-state index is 12.5. The van der Waals surface area contributed by atoms with Gasteiger partial charge in [-0.15, -0.1) is 21.5 Å². The van der Waals surface area contributed by atoms with Crippen molar-refractivity contribution >= 4 is 46.4 Å². The van der Waals surface area contributed by atoms with Gasteiger partial charge in [0.05, 0.1) is 23.4 Å². The van der Waals surface area contributed by atoms with E-state index in [1.807, 2.05) is 53.3 Å². The Morgan fingerprint density at radius 2 is 2.13 bits per heavy atom. The van der Waals surface area contributed by atoms with Gasteiger partial charge in [0.15, 0.2) is 11.0 Å². The summed E-state index contributed by atoms with van der Waals surface area (Å²) in [6.07, 6.45) is 1.66. The SMILES string of the molecule is CCn1c(SCC(=O)Nc2ccnn2Cc2cccc(Cl)c2)nnc1-c1cccs1. The maximum absolute atomic E-state index is 12.5. The van der Waals surface area contributed by atoms with Gasteiger partial charge in [0.1, 0.15) is 5.82 Å². The van der Waals surface area contributed by atoms with Crippen molar-refractivity contribution in [1.82, 2.24) is 24.5 Å². The Morgan fingerprint density at radius 3 is 2.90 bits per heavy atom. The highest BCUT2D eigenvalue weighted by Gasteiger charge is 2.16. The van der Waals surface area contributed by atoms with E-state index in [1.54, 1.807) is 28.3 Å². The number of aromatic nitrogens is 5. The van der Waals surface area contributed by atoms with Crippen LogP contribution in [-0.2, 0) is 17.9 Å². The van der Waals surface area contributed by atoms with Crippen LogP contribution in [-0.4, -0.2) is 36.2 Å². The standard InChI is InChI=1S/C20H19ClN6OS2/c1-2-26-19(16-7-4-10-29-16)24-25-20(26)30-13-18(28)23-17-8-9-22-27(17)12-14-5-3-6-15(21)11-14/h3-11H,2,12-13H2,1H3,(H,23,28). The first kappa shape index (κ1) is 20.6. The van der Waals surface area contributed by atoms with Crippen molar-refractivity contribution < 1.29 is 4.79 Å². The number of nitrogens with one attached hydrogen (secondary N) is 1. The van der Waals surface area contributed by atoms with Crippen molar-refractivity contribution in [2.75, 3.05) is 11.1 Å². The van der Waals surface area contributed by atoms with Crippen LogP contribution in [0.3, 0.4) is 0 Å². The Bertz CT molecular complexity index is 1140. The molecule has 0 unspecified atom stereocenters. The van der Waals surface area contributed by atoms with Crippen LogP contribution in [0, 0.1) is 0 Å². The Hall–Kier alpha value is -2.62. The number of nitrogens with zero attached hydrogens (tertiary/aromatic N) is 5. The third kappa shape index (κ3) is 4.75. The lowest BCUT2D eigenvalue weighted by Crippen LogP contribution is -2.18. The van der Waals surface area contributed by atoms with E-state index in [0.29, 0.717) is 17.4 Å². The molecule has 1 amide bonds. The molecule has 30 heavy (non-hydrogen) atoms. The molecule has 3 aromatic heterocycles. The van der Waals surface area contributed by atoms with E-state index in [2.05, 4.69) is 20.6 Å². The number of thioether (sulfide) groups is 1. The monoisotopic (exact) mass is 458 g/mol. The highest BCUT2D eigenvalue weighted by Crippen LogP contribution is 2.27. The molecule has 0 bridgehead atoms. The van der Waals surface area contributed by atoms with Gasteiger partial charge >= 0.3 is 0 Å². The fourth-order valence-electron chi connectivity index (χ4n) is 2.95. The molecule has 1 N–H and O–H groups in total. The average Bonchev–Trinajstić information content (AvgIpc) is 3.47. The quantitative estimate of drug-likeness (QED) is 0.389. The highest BCUT2D eigenvalue weighted by molar-refractivity contribution is 7.99. The van der Waals surface area contributed by atoms with E-state index in [4.69, 9.17) is 11.6 Å². The third-order valence-electron chi connectivity index (χ3n) is 4.31. The molecular formula is C20H19ClN6OS2. The normalized spacial score (nSPS) is 11.0. The molecule has 1 aromatic carbocycles. The lowest BCUT2D eigenvalue weighted by Gasteiger charge is -2.10. The van der Waals surface area contributed by atoms with E-state index in [0.717, 1.165) is 28.0 Å². The first-order valence-electron chi connectivity index (χ1n) is 9.30. The van der Waals surface area contributed by atoms with E-state index in [1.165, 1.54) is 11.8 Å². The second-order valence-electron chi connectivity index (χ2n) is 6.37. The van der Waals surface area contributed by atoms with Crippen molar-refractivity contribution in [1.29, 1.82) is 0 Å². The molecule has 0 aliphatic rings. The molecule has 154 valence electrons. The first-order valence-corrected chi connectivity index (χ1v) is 11.5. The number of amides is 1. The van der Waals surface area contributed by atoms with Crippen molar-refractivity contribution in [3.63, 3.8) is 0 Å². The first-order chi connectivity index (χ1) is 14.6. The number of thiophene rings is 1. The number of carbonyl (C=O) groups excluding carboxylic acids is 1. The lowest BCUT2D eigenvalue weighted by molar-refractivity contribution is -0.113. The Morgan fingerprint density at radius 1 is 1.23 bits per heavy atom. The molecule has 3 heterocycles. The number of hydrogen-bond acceptors (Lipinski definition) is 6. The summed E-state index contributed by atoms with van der Waals surface area (Å²) in [5, 5.41) is 19.2. The summed E-state index contributed by atoms with van der Waals surface area (Å²) in [5.41, 5.74) is 1.01. The van der Waals surface area contributed by atoms with Crippen molar-refractivity contribution in [2.24, 2.45) is 0 Å². The fraction of sp³-hybridized carbons (Fsp3) is 0.200. The minimum absolute atomic E-state index is 0.129. The zero-order valence-corrected chi connectivity index (χ0v) is 18.5. The van der Waals surface area contributed by atoms with Gasteiger partial charge in [-0.25, -0.2) is 4.68 Å². The highest BCUT2D eigenvalue weighted by atomic mass is 35.5. The van der Waals surface area contributed by atoms with Crippen LogP contribution >= 0.6 is 34.7 Å². The second-order valence-corrected chi connectivity index (χ2v) is 8.70. The van der Waals surface area contributed by atoms with Crippen LogP contribution in [0.4, 0.5) is 5.82 Å². The number of rotatable bonds is 8. The number of benzene rings is 1. The predicted molar refractivity (Wildman–Crippen MR) is 121 cm³/mol. The predicted octanol–water partition coefficient (Wildman–Crippen LogP) is 4.66. The van der Waals surface area contributed by atoms with E-state index in [9.17, 15) is 4.79 Å². The number of anilines is 1. The van der Waals surface area contributed by atoms with E-state index < -0.39 is 0 Å². The van der Waals surface area contributed by atoms with E-state index >= 15 is 0 Å². The topological polar surface area (TPSA) is 77.6 Å². The van der Waals surface area contributed by atoms with Crippen LogP contribution < -0.4 is 5.32 Å². The molecule has 0 radical (unpaired) electrons. The van der Waals surface area contributed by atoms with Gasteiger partial charge in [-0.05, 0) is 36.1 Å². The molecule has 0 spiro atoms. The minimum atomic E-state index is -0.129. The van der Waals surface area contributed by atoms with Crippen LogP contribution in [0.1, 0.15) is 12.5 Å².